The Balaban J connectivity index is 2.86. The zero-order valence-electron chi connectivity index (χ0n) is 10.9. The quantitative estimate of drug-likeness (QED) is 0.882. The number of benzene rings is 1. The van der Waals surface area contributed by atoms with E-state index in [9.17, 15) is 5.11 Å². The Morgan fingerprint density at radius 3 is 2.33 bits per heavy atom. The molecular weight excluding hydrogens is 236 g/mol. The highest BCUT2D eigenvalue weighted by molar-refractivity contribution is 5.88. The van der Waals surface area contributed by atoms with Crippen molar-refractivity contribution in [2.75, 3.05) is 21.3 Å². The van der Waals surface area contributed by atoms with Gasteiger partial charge in [-0.1, -0.05) is 0 Å². The largest absolute Gasteiger partial charge is 0.493 e. The van der Waals surface area contributed by atoms with E-state index in [1.807, 2.05) is 7.05 Å². The Morgan fingerprint density at radius 1 is 1.17 bits per heavy atom. The second-order valence-electron chi connectivity index (χ2n) is 3.76. The zero-order chi connectivity index (χ0) is 13.3. The lowest BCUT2D eigenvalue weighted by atomic mass is 10.2. The third-order valence-electron chi connectivity index (χ3n) is 2.90. The van der Waals surface area contributed by atoms with E-state index in [4.69, 9.17) is 14.2 Å². The number of aliphatic hydroxyl groups excluding tert-OH is 1. The fourth-order valence-electron chi connectivity index (χ4n) is 2.02. The minimum atomic E-state index is -0.140. The van der Waals surface area contributed by atoms with Crippen LogP contribution in [0.5, 0.6) is 17.2 Å². The Labute approximate surface area is 105 Å². The van der Waals surface area contributed by atoms with Crippen LogP contribution in [0.2, 0.25) is 0 Å². The normalized spacial score (nSPS) is 10.7. The first-order valence-electron chi connectivity index (χ1n) is 5.43. The highest BCUT2D eigenvalue weighted by Crippen LogP contribution is 2.43. The van der Waals surface area contributed by atoms with Crippen LogP contribution in [0.25, 0.3) is 11.0 Å². The number of nitrogens with zero attached hydrogens (tertiary/aromatic N) is 2. The van der Waals surface area contributed by atoms with Crippen molar-refractivity contribution in [3.63, 3.8) is 0 Å². The lowest BCUT2D eigenvalue weighted by molar-refractivity contribution is 0.268. The zero-order valence-corrected chi connectivity index (χ0v) is 10.9. The van der Waals surface area contributed by atoms with Crippen molar-refractivity contribution in [2.24, 2.45) is 7.05 Å². The van der Waals surface area contributed by atoms with E-state index in [1.54, 1.807) is 32.0 Å². The molecule has 0 bridgehead atoms. The van der Waals surface area contributed by atoms with E-state index in [-0.39, 0.29) is 6.61 Å². The lowest BCUT2D eigenvalue weighted by Crippen LogP contribution is -2.00. The molecule has 1 heterocycles. The van der Waals surface area contributed by atoms with Gasteiger partial charge in [-0.15, -0.1) is 0 Å². The molecule has 0 unspecified atom stereocenters. The van der Waals surface area contributed by atoms with E-state index in [2.05, 4.69) is 4.98 Å². The first-order valence-corrected chi connectivity index (χ1v) is 5.43. The average molecular weight is 252 g/mol. The third kappa shape index (κ3) is 1.65. The molecule has 0 saturated heterocycles. The van der Waals surface area contributed by atoms with Gasteiger partial charge >= 0.3 is 0 Å². The molecule has 6 nitrogen and oxygen atoms in total. The van der Waals surface area contributed by atoms with Crippen LogP contribution >= 0.6 is 0 Å². The van der Waals surface area contributed by atoms with Gasteiger partial charge in [0.2, 0.25) is 5.75 Å². The molecule has 0 spiro atoms. The molecular formula is C12H16N2O4. The molecule has 0 aliphatic heterocycles. The number of hydrogen-bond donors (Lipinski definition) is 1. The topological polar surface area (TPSA) is 65.7 Å². The summed E-state index contributed by atoms with van der Waals surface area (Å²) < 4.78 is 17.7. The van der Waals surface area contributed by atoms with Crippen molar-refractivity contribution in [3.05, 3.63) is 11.9 Å². The Kier molecular flexibility index (Phi) is 3.29. The number of fused-ring (bicyclic) bond motifs is 1. The lowest BCUT2D eigenvalue weighted by Gasteiger charge is -2.13. The maximum atomic E-state index is 9.25. The minimum Gasteiger partial charge on any atom is -0.493 e. The summed E-state index contributed by atoms with van der Waals surface area (Å²) in [6.45, 7) is -0.140. The average Bonchev–Trinajstić information content (AvgIpc) is 2.72. The predicted molar refractivity (Wildman–Crippen MR) is 66.3 cm³/mol. The van der Waals surface area contributed by atoms with Crippen LogP contribution in [0, 0.1) is 0 Å². The van der Waals surface area contributed by atoms with Crippen molar-refractivity contribution in [1.82, 2.24) is 9.55 Å². The van der Waals surface area contributed by atoms with Crippen molar-refractivity contribution in [2.45, 2.75) is 6.61 Å². The van der Waals surface area contributed by atoms with Crippen molar-refractivity contribution >= 4 is 11.0 Å². The van der Waals surface area contributed by atoms with Crippen LogP contribution in [0.4, 0.5) is 0 Å². The molecule has 18 heavy (non-hydrogen) atoms. The van der Waals surface area contributed by atoms with Gasteiger partial charge in [-0.05, 0) is 0 Å². The highest BCUT2D eigenvalue weighted by atomic mass is 16.5. The number of ether oxygens (including phenoxy) is 3. The SMILES string of the molecule is COc1cc2nc(CO)n(C)c2c(OC)c1OC. The number of hydrogen-bond acceptors (Lipinski definition) is 5. The van der Waals surface area contributed by atoms with Crippen molar-refractivity contribution in [1.29, 1.82) is 0 Å². The van der Waals surface area contributed by atoms with E-state index in [1.165, 1.54) is 0 Å². The van der Waals surface area contributed by atoms with Gasteiger partial charge in [0.15, 0.2) is 11.5 Å². The summed E-state index contributed by atoms with van der Waals surface area (Å²) in [5.41, 5.74) is 1.45. The summed E-state index contributed by atoms with van der Waals surface area (Å²) in [5, 5.41) is 9.25. The number of aryl methyl sites for hydroxylation is 1. The number of rotatable bonds is 4. The Bertz CT molecular complexity index is 577. The molecule has 2 aromatic rings. The summed E-state index contributed by atoms with van der Waals surface area (Å²) in [5.74, 6) is 2.16. The van der Waals surface area contributed by atoms with Crippen LogP contribution in [-0.2, 0) is 13.7 Å². The van der Waals surface area contributed by atoms with Crippen LogP contribution in [-0.4, -0.2) is 36.0 Å². The molecule has 0 atom stereocenters. The standard InChI is InChI=1S/C12H16N2O4/c1-14-9(6-15)13-7-5-8(16-2)11(17-3)12(18-4)10(7)14/h5,15H,6H2,1-4H3. The highest BCUT2D eigenvalue weighted by Gasteiger charge is 2.20. The van der Waals surface area contributed by atoms with Crippen molar-refractivity contribution < 1.29 is 19.3 Å². The first-order chi connectivity index (χ1) is 8.67. The maximum absolute atomic E-state index is 9.25. The van der Waals surface area contributed by atoms with E-state index in [0.29, 0.717) is 28.6 Å². The molecule has 0 aliphatic carbocycles. The van der Waals surface area contributed by atoms with Gasteiger partial charge < -0.3 is 23.9 Å². The second-order valence-corrected chi connectivity index (χ2v) is 3.76. The van der Waals surface area contributed by atoms with Crippen LogP contribution in [0.3, 0.4) is 0 Å². The maximum Gasteiger partial charge on any atom is 0.205 e. The van der Waals surface area contributed by atoms with Crippen LogP contribution in [0.15, 0.2) is 6.07 Å². The predicted octanol–water partition coefficient (Wildman–Crippen LogP) is 1.09. The van der Waals surface area contributed by atoms with E-state index >= 15 is 0 Å². The fraction of sp³-hybridized carbons (Fsp3) is 0.417. The monoisotopic (exact) mass is 252 g/mol. The van der Waals surface area contributed by atoms with Gasteiger partial charge in [0.1, 0.15) is 17.9 Å². The molecule has 1 aromatic heterocycles. The molecule has 6 heteroatoms. The molecule has 98 valence electrons. The number of aliphatic hydroxyl groups is 1. The molecule has 0 radical (unpaired) electrons. The summed E-state index contributed by atoms with van der Waals surface area (Å²) in [6, 6.07) is 1.76. The molecule has 0 fully saturated rings. The Morgan fingerprint density at radius 2 is 1.83 bits per heavy atom. The number of imidazole rings is 1. The van der Waals surface area contributed by atoms with Crippen LogP contribution in [0.1, 0.15) is 5.82 Å². The molecule has 0 amide bonds. The van der Waals surface area contributed by atoms with Gasteiger partial charge in [-0.2, -0.15) is 0 Å². The number of aromatic nitrogens is 2. The summed E-state index contributed by atoms with van der Waals surface area (Å²) in [7, 11) is 6.48. The van der Waals surface area contributed by atoms with Gasteiger partial charge in [-0.3, -0.25) is 0 Å². The van der Waals surface area contributed by atoms with Gasteiger partial charge in [-0.25, -0.2) is 4.98 Å². The first kappa shape index (κ1) is 12.5. The fourth-order valence-corrected chi connectivity index (χ4v) is 2.02. The van der Waals surface area contributed by atoms with Crippen LogP contribution < -0.4 is 14.2 Å². The minimum absolute atomic E-state index is 0.140. The Hall–Kier alpha value is -1.95. The smallest absolute Gasteiger partial charge is 0.205 e. The van der Waals surface area contributed by atoms with E-state index in [0.717, 1.165) is 5.52 Å². The molecule has 2 rings (SSSR count). The second kappa shape index (κ2) is 4.73. The van der Waals surface area contributed by atoms with E-state index < -0.39 is 0 Å². The van der Waals surface area contributed by atoms with Crippen molar-refractivity contribution in [3.8, 4) is 17.2 Å². The molecule has 1 aromatic carbocycles. The number of methoxy groups -OCH3 is 3. The summed E-state index contributed by atoms with van der Waals surface area (Å²) >= 11 is 0. The molecule has 0 saturated carbocycles. The molecule has 0 aliphatic rings. The summed E-state index contributed by atoms with van der Waals surface area (Å²) in [6.07, 6.45) is 0. The van der Waals surface area contributed by atoms with Gasteiger partial charge in [0, 0.05) is 13.1 Å². The summed E-state index contributed by atoms with van der Waals surface area (Å²) in [4.78, 5) is 4.32. The molecule has 1 N–H and O–H groups in total. The van der Waals surface area contributed by atoms with Gasteiger partial charge in [0.05, 0.1) is 26.8 Å². The third-order valence-corrected chi connectivity index (χ3v) is 2.90. The van der Waals surface area contributed by atoms with Gasteiger partial charge in [0.25, 0.3) is 0 Å².